The number of nitrogens with zero attached hydrogens (tertiary/aromatic N) is 4. The summed E-state index contributed by atoms with van der Waals surface area (Å²) in [5, 5.41) is 0.653. The highest BCUT2D eigenvalue weighted by Gasteiger charge is 2.17. The molecule has 7 heteroatoms. The summed E-state index contributed by atoms with van der Waals surface area (Å²) in [4.78, 5) is 25.4. The number of H-pyrrole nitrogens is 1. The average molecular weight is 404 g/mol. The molecule has 0 spiro atoms. The Morgan fingerprint density at radius 3 is 2.62 bits per heavy atom. The lowest BCUT2D eigenvalue weighted by molar-refractivity contribution is 0.586. The number of rotatable bonds is 3. The molecule has 1 N–H and O–H groups in total. The molecule has 0 saturated heterocycles. The quantitative estimate of drug-likeness (QED) is 0.462. The van der Waals surface area contributed by atoms with Gasteiger partial charge in [0.2, 0.25) is 0 Å². The molecule has 2 aromatic carbocycles. The van der Waals surface area contributed by atoms with Gasteiger partial charge in [-0.2, -0.15) is 0 Å². The van der Waals surface area contributed by atoms with Gasteiger partial charge in [-0.05, 0) is 68.4 Å². The van der Waals surface area contributed by atoms with Crippen molar-refractivity contribution in [2.24, 2.45) is 0 Å². The highest BCUT2D eigenvalue weighted by molar-refractivity contribution is 6.31. The van der Waals surface area contributed by atoms with Gasteiger partial charge in [-0.25, -0.2) is 14.8 Å². The van der Waals surface area contributed by atoms with Gasteiger partial charge in [-0.1, -0.05) is 11.6 Å². The van der Waals surface area contributed by atoms with Gasteiger partial charge in [0.05, 0.1) is 22.2 Å². The second-order valence-corrected chi connectivity index (χ2v) is 7.66. The molecule has 0 radical (unpaired) electrons. The Kier molecular flexibility index (Phi) is 4.03. The maximum Gasteiger partial charge on any atom is 0.335 e. The largest absolute Gasteiger partial charge is 0.338 e. The number of aromatic nitrogens is 5. The highest BCUT2D eigenvalue weighted by Crippen LogP contribution is 2.25. The van der Waals surface area contributed by atoms with Gasteiger partial charge < -0.3 is 4.98 Å². The second kappa shape index (κ2) is 6.60. The van der Waals surface area contributed by atoms with Gasteiger partial charge in [0.1, 0.15) is 5.82 Å². The van der Waals surface area contributed by atoms with Crippen molar-refractivity contribution >= 4 is 33.8 Å². The number of halogens is 1. The first kappa shape index (κ1) is 17.7. The summed E-state index contributed by atoms with van der Waals surface area (Å²) in [5.74, 6) is 0.757. The van der Waals surface area contributed by atoms with Gasteiger partial charge in [0.15, 0.2) is 5.65 Å². The van der Waals surface area contributed by atoms with Crippen molar-refractivity contribution < 1.29 is 0 Å². The lowest BCUT2D eigenvalue weighted by Gasteiger charge is -2.06. The third kappa shape index (κ3) is 2.84. The van der Waals surface area contributed by atoms with Crippen molar-refractivity contribution in [1.29, 1.82) is 0 Å². The van der Waals surface area contributed by atoms with E-state index in [1.54, 1.807) is 15.3 Å². The first-order valence-electron chi connectivity index (χ1n) is 9.37. The van der Waals surface area contributed by atoms with E-state index in [9.17, 15) is 4.79 Å². The first-order valence-corrected chi connectivity index (χ1v) is 9.75. The van der Waals surface area contributed by atoms with Crippen molar-refractivity contribution in [2.75, 3.05) is 0 Å². The summed E-state index contributed by atoms with van der Waals surface area (Å²) in [5.41, 5.74) is 4.84. The van der Waals surface area contributed by atoms with Crippen LogP contribution in [0.15, 0.2) is 65.6 Å². The van der Waals surface area contributed by atoms with Gasteiger partial charge in [-0.15, -0.1) is 0 Å². The molecule has 3 aromatic heterocycles. The Bertz CT molecular complexity index is 1410. The number of benzene rings is 2. The molecule has 5 aromatic rings. The monoisotopic (exact) mass is 403 g/mol. The van der Waals surface area contributed by atoms with Crippen LogP contribution in [0.1, 0.15) is 19.9 Å². The van der Waals surface area contributed by atoms with Crippen LogP contribution in [-0.4, -0.2) is 24.1 Å². The minimum Gasteiger partial charge on any atom is -0.338 e. The zero-order valence-electron chi connectivity index (χ0n) is 15.9. The fraction of sp³-hybridized carbons (Fsp3) is 0.136. The molecule has 144 valence electrons. The second-order valence-electron chi connectivity index (χ2n) is 7.22. The molecule has 0 amide bonds. The van der Waals surface area contributed by atoms with Crippen molar-refractivity contribution in [3.05, 3.63) is 76.3 Å². The Balaban J connectivity index is 1.62. The molecule has 0 bridgehead atoms. The van der Waals surface area contributed by atoms with Crippen molar-refractivity contribution in [3.8, 4) is 17.1 Å². The van der Waals surface area contributed by atoms with E-state index in [0.717, 1.165) is 33.6 Å². The summed E-state index contributed by atoms with van der Waals surface area (Å²) in [6, 6.07) is 17.1. The van der Waals surface area contributed by atoms with Gasteiger partial charge in [0.25, 0.3) is 0 Å². The molecule has 5 rings (SSSR count). The number of hydrogen-bond acceptors (Lipinski definition) is 3. The maximum absolute atomic E-state index is 13.1. The lowest BCUT2D eigenvalue weighted by atomic mass is 10.2. The third-order valence-corrected chi connectivity index (χ3v) is 5.23. The van der Waals surface area contributed by atoms with Gasteiger partial charge in [-0.3, -0.25) is 9.13 Å². The Morgan fingerprint density at radius 2 is 1.86 bits per heavy atom. The standard InChI is InChI=1S/C22H18ClN5O/c1-13(2)27-21-19(4-3-11-24-21)28(22(27)29)16-8-5-14(6-9-16)20-25-17-10-7-15(23)12-18(17)26-20/h3-13H,1-2H3,(H,25,26). The fourth-order valence-corrected chi connectivity index (χ4v) is 3.82. The number of nitrogens with one attached hydrogen (secondary N) is 1. The number of hydrogen-bond donors (Lipinski definition) is 1. The molecule has 0 aliphatic rings. The predicted octanol–water partition coefficient (Wildman–Crippen LogP) is 4.96. The number of imidazole rings is 2. The summed E-state index contributed by atoms with van der Waals surface area (Å²) in [7, 11) is 0. The van der Waals surface area contributed by atoms with Crippen LogP contribution in [0.25, 0.3) is 39.3 Å². The summed E-state index contributed by atoms with van der Waals surface area (Å²) < 4.78 is 3.41. The molecular weight excluding hydrogens is 386 g/mol. The molecule has 0 aliphatic heterocycles. The molecule has 0 saturated carbocycles. The minimum atomic E-state index is -0.0974. The van der Waals surface area contributed by atoms with Crippen LogP contribution in [0.3, 0.4) is 0 Å². The molecule has 3 heterocycles. The molecule has 0 fully saturated rings. The number of pyridine rings is 1. The van der Waals surface area contributed by atoms with E-state index >= 15 is 0 Å². The van der Waals surface area contributed by atoms with Crippen LogP contribution in [0.4, 0.5) is 0 Å². The number of fused-ring (bicyclic) bond motifs is 2. The van der Waals surface area contributed by atoms with E-state index < -0.39 is 0 Å². The minimum absolute atomic E-state index is 0.0165. The fourth-order valence-electron chi connectivity index (χ4n) is 3.65. The summed E-state index contributed by atoms with van der Waals surface area (Å²) in [6.45, 7) is 3.97. The van der Waals surface area contributed by atoms with Crippen molar-refractivity contribution in [1.82, 2.24) is 24.1 Å². The molecule has 0 atom stereocenters. The van der Waals surface area contributed by atoms with Crippen LogP contribution in [0.5, 0.6) is 0 Å². The smallest absolute Gasteiger partial charge is 0.335 e. The predicted molar refractivity (Wildman–Crippen MR) is 116 cm³/mol. The van der Waals surface area contributed by atoms with Gasteiger partial charge in [0, 0.05) is 22.8 Å². The van der Waals surface area contributed by atoms with Crippen LogP contribution in [0.2, 0.25) is 5.02 Å². The van der Waals surface area contributed by atoms with E-state index in [1.165, 1.54) is 0 Å². The van der Waals surface area contributed by atoms with E-state index in [2.05, 4.69) is 15.0 Å². The van der Waals surface area contributed by atoms with Crippen molar-refractivity contribution in [2.45, 2.75) is 19.9 Å². The SMILES string of the molecule is CC(C)n1c(=O)n(-c2ccc(-c3nc4cc(Cl)ccc4[nH]3)cc2)c2cccnc21. The molecule has 6 nitrogen and oxygen atoms in total. The van der Waals surface area contributed by atoms with Crippen LogP contribution < -0.4 is 5.69 Å². The van der Waals surface area contributed by atoms with E-state index in [4.69, 9.17) is 11.6 Å². The zero-order valence-corrected chi connectivity index (χ0v) is 16.7. The number of aromatic amines is 1. The van der Waals surface area contributed by atoms with E-state index in [1.807, 2.05) is 68.4 Å². The van der Waals surface area contributed by atoms with E-state index in [0.29, 0.717) is 10.7 Å². The molecule has 0 aliphatic carbocycles. The zero-order chi connectivity index (χ0) is 20.1. The normalized spacial score (nSPS) is 11.7. The Morgan fingerprint density at radius 1 is 1.07 bits per heavy atom. The van der Waals surface area contributed by atoms with Crippen LogP contribution >= 0.6 is 11.6 Å². The summed E-state index contributed by atoms with van der Waals surface area (Å²) >= 11 is 6.06. The lowest BCUT2D eigenvalue weighted by Crippen LogP contribution is -2.24. The topological polar surface area (TPSA) is 68.5 Å². The molecular formula is C22H18ClN5O. The Labute approximate surface area is 171 Å². The average Bonchev–Trinajstić information content (AvgIpc) is 3.25. The van der Waals surface area contributed by atoms with Gasteiger partial charge >= 0.3 is 5.69 Å². The van der Waals surface area contributed by atoms with Crippen LogP contribution in [0, 0.1) is 0 Å². The summed E-state index contributed by atoms with van der Waals surface area (Å²) in [6.07, 6.45) is 1.71. The first-order chi connectivity index (χ1) is 14.0. The van der Waals surface area contributed by atoms with Crippen molar-refractivity contribution in [3.63, 3.8) is 0 Å². The third-order valence-electron chi connectivity index (χ3n) is 4.99. The van der Waals surface area contributed by atoms with Crippen LogP contribution in [-0.2, 0) is 0 Å². The molecule has 0 unspecified atom stereocenters. The maximum atomic E-state index is 13.1. The highest BCUT2D eigenvalue weighted by atomic mass is 35.5. The molecule has 29 heavy (non-hydrogen) atoms. The van der Waals surface area contributed by atoms with E-state index in [-0.39, 0.29) is 11.7 Å². The Hall–Kier alpha value is -3.38.